The van der Waals surface area contributed by atoms with Crippen molar-refractivity contribution in [1.82, 2.24) is 0 Å². The van der Waals surface area contributed by atoms with Gasteiger partial charge in [-0.15, -0.1) is 0 Å². The van der Waals surface area contributed by atoms with Crippen LogP contribution in [-0.4, -0.2) is 19.1 Å². The molecule has 3 rings (SSSR count). The maximum atomic E-state index is 13.2. The molecule has 0 atom stereocenters. The first-order valence-electron chi connectivity index (χ1n) is 6.60. The molecule has 0 saturated heterocycles. The van der Waals surface area contributed by atoms with Gasteiger partial charge >= 0.3 is 0 Å². The Balaban J connectivity index is 1.66. The van der Waals surface area contributed by atoms with Crippen molar-refractivity contribution in [3.63, 3.8) is 0 Å². The third-order valence-corrected chi connectivity index (χ3v) is 3.67. The number of amides is 1. The molecule has 2 aromatic rings. The molecule has 1 aliphatic rings. The van der Waals surface area contributed by atoms with Crippen molar-refractivity contribution in [1.29, 1.82) is 0 Å². The van der Waals surface area contributed by atoms with Crippen molar-refractivity contribution >= 4 is 23.2 Å². The molecule has 2 aromatic carbocycles. The molecule has 0 unspecified atom stereocenters. The van der Waals surface area contributed by atoms with E-state index in [-0.39, 0.29) is 18.3 Å². The Morgan fingerprint density at radius 2 is 2.00 bits per heavy atom. The predicted molar refractivity (Wildman–Crippen MR) is 79.4 cm³/mol. The van der Waals surface area contributed by atoms with E-state index in [9.17, 15) is 9.18 Å². The molecular formula is C16H13ClFNO2. The third kappa shape index (κ3) is 3.00. The summed E-state index contributed by atoms with van der Waals surface area (Å²) in [6.45, 7) is 0.500. The second-order valence-electron chi connectivity index (χ2n) is 4.81. The van der Waals surface area contributed by atoms with Gasteiger partial charge in [0.2, 0.25) is 0 Å². The van der Waals surface area contributed by atoms with Crippen molar-refractivity contribution in [2.24, 2.45) is 0 Å². The Hall–Kier alpha value is -2.07. The number of ether oxygens (including phenoxy) is 1. The fourth-order valence-electron chi connectivity index (χ4n) is 2.38. The summed E-state index contributed by atoms with van der Waals surface area (Å²) in [5.74, 6) is 0.169. The Morgan fingerprint density at radius 1 is 1.24 bits per heavy atom. The standard InChI is InChI=1S/C16H13ClFNO2/c17-12-1-4-14(5-2-12)21-10-16(20)19-8-7-11-9-13(18)3-6-15(11)19/h1-6,9H,7-8,10H2. The van der Waals surface area contributed by atoms with Crippen LogP contribution in [0.5, 0.6) is 5.75 Å². The minimum Gasteiger partial charge on any atom is -0.484 e. The van der Waals surface area contributed by atoms with Crippen LogP contribution in [0.2, 0.25) is 5.02 Å². The van der Waals surface area contributed by atoms with Gasteiger partial charge in [0.1, 0.15) is 11.6 Å². The average molecular weight is 306 g/mol. The van der Waals surface area contributed by atoms with E-state index in [0.717, 1.165) is 11.3 Å². The van der Waals surface area contributed by atoms with E-state index >= 15 is 0 Å². The number of hydrogen-bond donors (Lipinski definition) is 0. The highest BCUT2D eigenvalue weighted by Crippen LogP contribution is 2.28. The predicted octanol–water partition coefficient (Wildman–Crippen LogP) is 3.45. The Labute approximate surface area is 126 Å². The summed E-state index contributed by atoms with van der Waals surface area (Å²) in [4.78, 5) is 13.8. The quantitative estimate of drug-likeness (QED) is 0.869. The van der Waals surface area contributed by atoms with Gasteiger partial charge in [-0.3, -0.25) is 4.79 Å². The first kappa shape index (κ1) is 13.9. The summed E-state index contributed by atoms with van der Waals surface area (Å²) in [7, 11) is 0. The number of benzene rings is 2. The van der Waals surface area contributed by atoms with Crippen LogP contribution in [-0.2, 0) is 11.2 Å². The highest BCUT2D eigenvalue weighted by Gasteiger charge is 2.25. The number of halogens is 2. The molecule has 0 saturated carbocycles. The Bertz CT molecular complexity index is 672. The zero-order valence-electron chi connectivity index (χ0n) is 11.2. The maximum Gasteiger partial charge on any atom is 0.264 e. The van der Waals surface area contributed by atoms with Crippen LogP contribution in [0.1, 0.15) is 5.56 Å². The molecule has 0 radical (unpaired) electrons. The van der Waals surface area contributed by atoms with E-state index in [2.05, 4.69) is 0 Å². The minimum absolute atomic E-state index is 0.0571. The molecule has 1 heterocycles. The van der Waals surface area contributed by atoms with Crippen LogP contribution >= 0.6 is 11.6 Å². The fourth-order valence-corrected chi connectivity index (χ4v) is 2.51. The molecule has 5 heteroatoms. The number of rotatable bonds is 3. The van der Waals surface area contributed by atoms with E-state index in [4.69, 9.17) is 16.3 Å². The number of anilines is 1. The van der Waals surface area contributed by atoms with Gasteiger partial charge in [0, 0.05) is 17.3 Å². The molecule has 0 N–H and O–H groups in total. The second-order valence-corrected chi connectivity index (χ2v) is 5.25. The van der Waals surface area contributed by atoms with Gasteiger partial charge in [0.25, 0.3) is 5.91 Å². The van der Waals surface area contributed by atoms with E-state index in [1.807, 2.05) is 0 Å². The minimum atomic E-state index is -0.277. The second kappa shape index (κ2) is 5.74. The van der Waals surface area contributed by atoms with Gasteiger partial charge in [-0.25, -0.2) is 4.39 Å². The summed E-state index contributed by atoms with van der Waals surface area (Å²) in [6, 6.07) is 11.3. The average Bonchev–Trinajstić information content (AvgIpc) is 2.89. The third-order valence-electron chi connectivity index (χ3n) is 3.41. The van der Waals surface area contributed by atoms with Gasteiger partial charge in [0.05, 0.1) is 0 Å². The molecular weight excluding hydrogens is 293 g/mol. The smallest absolute Gasteiger partial charge is 0.264 e. The van der Waals surface area contributed by atoms with Crippen LogP contribution in [0.25, 0.3) is 0 Å². The first-order chi connectivity index (χ1) is 10.1. The molecule has 0 bridgehead atoms. The highest BCUT2D eigenvalue weighted by molar-refractivity contribution is 6.30. The molecule has 1 amide bonds. The molecule has 3 nitrogen and oxygen atoms in total. The highest BCUT2D eigenvalue weighted by atomic mass is 35.5. The topological polar surface area (TPSA) is 29.5 Å². The number of nitrogens with zero attached hydrogens (tertiary/aromatic N) is 1. The Morgan fingerprint density at radius 3 is 2.76 bits per heavy atom. The lowest BCUT2D eigenvalue weighted by atomic mass is 10.2. The van der Waals surface area contributed by atoms with Crippen molar-refractivity contribution in [2.75, 3.05) is 18.1 Å². The van der Waals surface area contributed by atoms with Gasteiger partial charge in [-0.1, -0.05) is 11.6 Å². The van der Waals surface area contributed by atoms with E-state index in [1.54, 1.807) is 35.2 Å². The van der Waals surface area contributed by atoms with E-state index in [1.165, 1.54) is 12.1 Å². The molecule has 1 aliphatic heterocycles. The summed E-state index contributed by atoms with van der Waals surface area (Å²) in [6.07, 6.45) is 0.666. The first-order valence-corrected chi connectivity index (χ1v) is 6.98. The van der Waals surface area contributed by atoms with Crippen LogP contribution in [0.3, 0.4) is 0 Å². The number of hydrogen-bond acceptors (Lipinski definition) is 2. The number of fused-ring (bicyclic) bond motifs is 1. The van der Waals surface area contributed by atoms with Crippen LogP contribution < -0.4 is 9.64 Å². The van der Waals surface area contributed by atoms with Crippen molar-refractivity contribution < 1.29 is 13.9 Å². The van der Waals surface area contributed by atoms with Gasteiger partial charge in [0.15, 0.2) is 6.61 Å². The van der Waals surface area contributed by atoms with Gasteiger partial charge in [-0.2, -0.15) is 0 Å². The lowest BCUT2D eigenvalue weighted by Crippen LogP contribution is -2.33. The lowest BCUT2D eigenvalue weighted by Gasteiger charge is -2.17. The number of carbonyl (C=O) groups is 1. The summed E-state index contributed by atoms with van der Waals surface area (Å²) >= 11 is 5.79. The van der Waals surface area contributed by atoms with Crippen LogP contribution in [0.15, 0.2) is 42.5 Å². The number of carbonyl (C=O) groups excluding carboxylic acids is 1. The Kier molecular flexibility index (Phi) is 3.80. The SMILES string of the molecule is O=C(COc1ccc(Cl)cc1)N1CCc2cc(F)ccc21. The summed E-state index contributed by atoms with van der Waals surface area (Å²) in [5.41, 5.74) is 1.62. The molecule has 0 aliphatic carbocycles. The molecule has 108 valence electrons. The van der Waals surface area contributed by atoms with Crippen LogP contribution in [0, 0.1) is 5.82 Å². The fraction of sp³-hybridized carbons (Fsp3) is 0.188. The van der Waals surface area contributed by atoms with Crippen molar-refractivity contribution in [3.05, 3.63) is 58.9 Å². The molecule has 0 aromatic heterocycles. The summed E-state index contributed by atoms with van der Waals surface area (Å²) in [5, 5.41) is 0.615. The van der Waals surface area contributed by atoms with Crippen LogP contribution in [0.4, 0.5) is 10.1 Å². The lowest BCUT2D eigenvalue weighted by molar-refractivity contribution is -0.120. The van der Waals surface area contributed by atoms with Crippen molar-refractivity contribution in [3.8, 4) is 5.75 Å². The summed E-state index contributed by atoms with van der Waals surface area (Å²) < 4.78 is 18.6. The zero-order chi connectivity index (χ0) is 14.8. The van der Waals surface area contributed by atoms with Crippen molar-refractivity contribution in [2.45, 2.75) is 6.42 Å². The largest absolute Gasteiger partial charge is 0.484 e. The molecule has 0 spiro atoms. The van der Waals surface area contributed by atoms with E-state index < -0.39 is 0 Å². The van der Waals surface area contributed by atoms with Gasteiger partial charge < -0.3 is 9.64 Å². The van der Waals surface area contributed by atoms with E-state index in [0.29, 0.717) is 23.7 Å². The normalized spacial score (nSPS) is 13.1. The molecule has 21 heavy (non-hydrogen) atoms. The maximum absolute atomic E-state index is 13.2. The van der Waals surface area contributed by atoms with Gasteiger partial charge in [-0.05, 0) is 54.4 Å². The molecule has 0 fully saturated rings. The zero-order valence-corrected chi connectivity index (χ0v) is 11.9. The monoisotopic (exact) mass is 305 g/mol.